The summed E-state index contributed by atoms with van der Waals surface area (Å²) in [5.41, 5.74) is 2.21. The Balaban J connectivity index is 0.00000106. The molecule has 1 heterocycles. The number of benzene rings is 1. The molecule has 0 saturated carbocycles. The Morgan fingerprint density at radius 1 is 1.14 bits per heavy atom. The molecule has 3 heteroatoms. The van der Waals surface area contributed by atoms with E-state index in [0.717, 1.165) is 18.2 Å². The van der Waals surface area contributed by atoms with Crippen LogP contribution in [-0.4, -0.2) is 6.54 Å². The largest absolute Gasteiger partial charge is 0.384 e. The standard InChI is InChI=1S/C16H19F2N.C2H6/c1-10-6-11(2)12(3)9-19-16(7-10)14-5-4-13(17)8-15(14)18;1-2/h4-8,11-12,19H,9H2,1-3H3;1-2H3/b10-6-,16-7-;. The normalized spacial score (nSPS) is 26.8. The number of nitrogens with one attached hydrogen (secondary N) is 1. The smallest absolute Gasteiger partial charge is 0.135 e. The second-order valence-electron chi connectivity index (χ2n) is 5.31. The van der Waals surface area contributed by atoms with Crippen molar-refractivity contribution in [3.05, 3.63) is 53.1 Å². The van der Waals surface area contributed by atoms with E-state index in [2.05, 4.69) is 25.2 Å². The maximum atomic E-state index is 13.8. The number of hydrogen-bond acceptors (Lipinski definition) is 1. The van der Waals surface area contributed by atoms with E-state index in [0.29, 0.717) is 23.1 Å². The summed E-state index contributed by atoms with van der Waals surface area (Å²) in [6.45, 7) is 11.1. The van der Waals surface area contributed by atoms with E-state index < -0.39 is 11.6 Å². The first-order chi connectivity index (χ1) is 9.97. The van der Waals surface area contributed by atoms with Crippen molar-refractivity contribution in [2.45, 2.75) is 34.6 Å². The minimum Gasteiger partial charge on any atom is -0.384 e. The molecule has 0 aromatic heterocycles. The lowest BCUT2D eigenvalue weighted by Gasteiger charge is -2.23. The molecule has 0 spiro atoms. The average molecular weight is 293 g/mol. The highest BCUT2D eigenvalue weighted by Crippen LogP contribution is 2.23. The predicted molar refractivity (Wildman–Crippen MR) is 85.8 cm³/mol. The molecule has 1 aromatic rings. The first-order valence-electron chi connectivity index (χ1n) is 7.57. The molecule has 1 aliphatic rings. The fourth-order valence-electron chi connectivity index (χ4n) is 2.24. The zero-order valence-electron chi connectivity index (χ0n) is 13.5. The Morgan fingerprint density at radius 3 is 2.43 bits per heavy atom. The summed E-state index contributed by atoms with van der Waals surface area (Å²) in [5.74, 6) is -0.153. The number of rotatable bonds is 1. The van der Waals surface area contributed by atoms with Crippen molar-refractivity contribution in [3.8, 4) is 0 Å². The van der Waals surface area contributed by atoms with Gasteiger partial charge in [0.25, 0.3) is 0 Å². The van der Waals surface area contributed by atoms with Gasteiger partial charge in [0.05, 0.1) is 0 Å². The molecule has 1 N–H and O–H groups in total. The number of hydrogen-bond donors (Lipinski definition) is 1. The summed E-state index contributed by atoms with van der Waals surface area (Å²) < 4.78 is 26.8. The lowest BCUT2D eigenvalue weighted by Crippen LogP contribution is -2.25. The highest BCUT2D eigenvalue weighted by atomic mass is 19.1. The topological polar surface area (TPSA) is 12.0 Å². The van der Waals surface area contributed by atoms with Crippen molar-refractivity contribution < 1.29 is 8.78 Å². The first kappa shape index (κ1) is 17.4. The second kappa shape index (κ2) is 7.96. The summed E-state index contributed by atoms with van der Waals surface area (Å²) in [6, 6.07) is 3.68. The van der Waals surface area contributed by atoms with Crippen LogP contribution < -0.4 is 5.32 Å². The van der Waals surface area contributed by atoms with Gasteiger partial charge in [0.15, 0.2) is 0 Å². The zero-order chi connectivity index (χ0) is 16.0. The fraction of sp³-hybridized carbons (Fsp3) is 0.444. The third kappa shape index (κ3) is 4.69. The van der Waals surface area contributed by atoms with Crippen LogP contribution in [0.25, 0.3) is 5.70 Å². The molecule has 2 rings (SSSR count). The van der Waals surface area contributed by atoms with Crippen molar-refractivity contribution in [1.82, 2.24) is 5.32 Å². The van der Waals surface area contributed by atoms with Gasteiger partial charge in [-0.1, -0.05) is 39.3 Å². The molecule has 1 aromatic carbocycles. The minimum absolute atomic E-state index is 0.413. The summed E-state index contributed by atoms with van der Waals surface area (Å²) in [5, 5.41) is 3.27. The van der Waals surface area contributed by atoms with Crippen molar-refractivity contribution in [2.75, 3.05) is 6.54 Å². The van der Waals surface area contributed by atoms with Gasteiger partial charge in [-0.2, -0.15) is 0 Å². The second-order valence-corrected chi connectivity index (χ2v) is 5.31. The molecule has 0 fully saturated rings. The molecule has 2 atom stereocenters. The third-order valence-electron chi connectivity index (χ3n) is 3.63. The van der Waals surface area contributed by atoms with Gasteiger partial charge in [0.1, 0.15) is 11.6 Å². The van der Waals surface area contributed by atoms with Crippen molar-refractivity contribution in [2.24, 2.45) is 11.8 Å². The Kier molecular flexibility index (Phi) is 6.60. The molecule has 116 valence electrons. The molecule has 21 heavy (non-hydrogen) atoms. The molecular weight excluding hydrogens is 268 g/mol. The van der Waals surface area contributed by atoms with Crippen LogP contribution >= 0.6 is 0 Å². The van der Waals surface area contributed by atoms with E-state index in [1.165, 1.54) is 12.1 Å². The Bertz CT molecular complexity index is 532. The van der Waals surface area contributed by atoms with E-state index in [4.69, 9.17) is 0 Å². The molecule has 1 nitrogen and oxygen atoms in total. The average Bonchev–Trinajstić information content (AvgIpc) is 2.44. The summed E-state index contributed by atoms with van der Waals surface area (Å²) in [7, 11) is 0. The first-order valence-corrected chi connectivity index (χ1v) is 7.57. The molecule has 0 saturated heterocycles. The van der Waals surface area contributed by atoms with Crippen molar-refractivity contribution in [1.29, 1.82) is 0 Å². The van der Waals surface area contributed by atoms with E-state index in [-0.39, 0.29) is 0 Å². The summed E-state index contributed by atoms with van der Waals surface area (Å²) in [6.07, 6.45) is 4.10. The van der Waals surface area contributed by atoms with Gasteiger partial charge in [-0.05, 0) is 37.0 Å². The monoisotopic (exact) mass is 293 g/mol. The van der Waals surface area contributed by atoms with Gasteiger partial charge in [-0.15, -0.1) is 0 Å². The van der Waals surface area contributed by atoms with E-state index >= 15 is 0 Å². The maximum Gasteiger partial charge on any atom is 0.135 e. The Labute approximate surface area is 126 Å². The SMILES string of the molecule is CC.CC1=C/C(C)C(C)CN/C(c2ccc(F)cc2F)=C\1. The van der Waals surface area contributed by atoms with Crippen LogP contribution in [0.1, 0.15) is 40.2 Å². The molecular formula is C18H25F2N. The molecule has 2 unspecified atom stereocenters. The van der Waals surface area contributed by atoms with Crippen LogP contribution in [0.3, 0.4) is 0 Å². The predicted octanol–water partition coefficient (Wildman–Crippen LogP) is 5.15. The Morgan fingerprint density at radius 2 is 1.81 bits per heavy atom. The van der Waals surface area contributed by atoms with Crippen LogP contribution in [-0.2, 0) is 0 Å². The van der Waals surface area contributed by atoms with Crippen LogP contribution in [0.5, 0.6) is 0 Å². The van der Waals surface area contributed by atoms with Gasteiger partial charge in [-0.25, -0.2) is 8.78 Å². The van der Waals surface area contributed by atoms with E-state index in [9.17, 15) is 8.78 Å². The van der Waals surface area contributed by atoms with Gasteiger partial charge in [0, 0.05) is 23.9 Å². The maximum absolute atomic E-state index is 13.8. The minimum atomic E-state index is -0.554. The summed E-state index contributed by atoms with van der Waals surface area (Å²) in [4.78, 5) is 0. The Hall–Kier alpha value is -1.64. The van der Waals surface area contributed by atoms with Gasteiger partial charge in [-0.3, -0.25) is 0 Å². The van der Waals surface area contributed by atoms with Crippen molar-refractivity contribution in [3.63, 3.8) is 0 Å². The number of halogens is 2. The highest BCUT2D eigenvalue weighted by Gasteiger charge is 2.16. The summed E-state index contributed by atoms with van der Waals surface area (Å²) >= 11 is 0. The molecule has 0 aliphatic carbocycles. The molecule has 0 radical (unpaired) electrons. The van der Waals surface area contributed by atoms with Gasteiger partial charge < -0.3 is 5.32 Å². The van der Waals surface area contributed by atoms with Crippen LogP contribution in [0.4, 0.5) is 8.78 Å². The van der Waals surface area contributed by atoms with Gasteiger partial charge in [0.2, 0.25) is 0 Å². The highest BCUT2D eigenvalue weighted by molar-refractivity contribution is 5.67. The third-order valence-corrected chi connectivity index (χ3v) is 3.63. The van der Waals surface area contributed by atoms with Crippen molar-refractivity contribution >= 4 is 5.70 Å². The quantitative estimate of drug-likeness (QED) is 0.754. The van der Waals surface area contributed by atoms with Crippen LogP contribution in [0, 0.1) is 23.5 Å². The zero-order valence-corrected chi connectivity index (χ0v) is 13.5. The molecule has 0 bridgehead atoms. The number of allylic oxidation sites excluding steroid dienone is 3. The van der Waals surface area contributed by atoms with Crippen LogP contribution in [0.15, 0.2) is 35.9 Å². The lowest BCUT2D eigenvalue weighted by molar-refractivity contribution is 0.447. The molecule has 1 aliphatic heterocycles. The van der Waals surface area contributed by atoms with Gasteiger partial charge >= 0.3 is 0 Å². The van der Waals surface area contributed by atoms with E-state index in [1.807, 2.05) is 26.8 Å². The molecule has 0 amide bonds. The lowest BCUT2D eigenvalue weighted by atomic mass is 9.91. The van der Waals surface area contributed by atoms with Crippen LogP contribution in [0.2, 0.25) is 0 Å². The fourth-order valence-corrected chi connectivity index (χ4v) is 2.24. The van der Waals surface area contributed by atoms with E-state index in [1.54, 1.807) is 0 Å².